The molecule has 0 saturated heterocycles. The molecule has 0 atom stereocenters. The molecule has 23 heavy (non-hydrogen) atoms. The lowest BCUT2D eigenvalue weighted by Gasteiger charge is -2.04. The Kier molecular flexibility index (Phi) is 3.60. The number of nitrogens with zero attached hydrogens (tertiary/aromatic N) is 5. The van der Waals surface area contributed by atoms with Crippen molar-refractivity contribution in [3.8, 4) is 21.1 Å². The number of thiazole rings is 2. The molecular formula is C15H12N6S2. The lowest BCUT2D eigenvalue weighted by atomic mass is 10.1. The molecular weight excluding hydrogens is 328 g/mol. The Balaban J connectivity index is 1.66. The van der Waals surface area contributed by atoms with Crippen molar-refractivity contribution >= 4 is 27.8 Å². The average Bonchev–Trinajstić information content (AvgIpc) is 3.28. The molecule has 0 aliphatic rings. The van der Waals surface area contributed by atoms with E-state index in [9.17, 15) is 0 Å². The number of rotatable bonds is 4. The number of benzene rings is 1. The van der Waals surface area contributed by atoms with E-state index >= 15 is 0 Å². The Hall–Kier alpha value is -2.58. The monoisotopic (exact) mass is 340 g/mol. The van der Waals surface area contributed by atoms with Crippen LogP contribution in [0.2, 0.25) is 0 Å². The van der Waals surface area contributed by atoms with Crippen molar-refractivity contribution in [2.75, 3.05) is 5.73 Å². The Labute approximate surface area is 140 Å². The van der Waals surface area contributed by atoms with Crippen LogP contribution in [0.1, 0.15) is 5.56 Å². The Bertz CT molecular complexity index is 894. The van der Waals surface area contributed by atoms with Gasteiger partial charge in [0.15, 0.2) is 5.13 Å². The van der Waals surface area contributed by atoms with Gasteiger partial charge in [0.25, 0.3) is 0 Å². The summed E-state index contributed by atoms with van der Waals surface area (Å²) in [4.78, 5) is 13.8. The molecule has 0 bridgehead atoms. The van der Waals surface area contributed by atoms with Gasteiger partial charge in [0.05, 0.1) is 11.4 Å². The summed E-state index contributed by atoms with van der Waals surface area (Å²) in [5.41, 5.74) is 9.01. The second-order valence-corrected chi connectivity index (χ2v) is 6.78. The molecule has 2 N–H and O–H groups in total. The van der Waals surface area contributed by atoms with Crippen molar-refractivity contribution in [3.63, 3.8) is 0 Å². The standard InChI is InChI=1S/C15H12N6S2/c16-15-20-12(14-18-5-6-22-14)13(23-15)11-3-1-10(2-4-11)7-21-9-17-8-19-21/h1-6,8-9H,7H2,(H2,16,20). The Morgan fingerprint density at radius 3 is 2.74 bits per heavy atom. The van der Waals surface area contributed by atoms with Gasteiger partial charge in [-0.1, -0.05) is 35.6 Å². The van der Waals surface area contributed by atoms with Gasteiger partial charge in [0.2, 0.25) is 0 Å². The predicted molar refractivity (Wildman–Crippen MR) is 92.2 cm³/mol. The third kappa shape index (κ3) is 2.86. The van der Waals surface area contributed by atoms with Gasteiger partial charge in [0, 0.05) is 11.6 Å². The number of hydrogen-bond acceptors (Lipinski definition) is 7. The molecule has 3 heterocycles. The minimum Gasteiger partial charge on any atom is -0.375 e. The minimum atomic E-state index is 0.553. The van der Waals surface area contributed by atoms with Gasteiger partial charge in [-0.25, -0.2) is 19.6 Å². The number of nitrogen functional groups attached to an aromatic ring is 1. The predicted octanol–water partition coefficient (Wildman–Crippen LogP) is 3.16. The molecule has 6 nitrogen and oxygen atoms in total. The van der Waals surface area contributed by atoms with E-state index in [0.717, 1.165) is 26.7 Å². The summed E-state index contributed by atoms with van der Waals surface area (Å²) >= 11 is 3.05. The van der Waals surface area contributed by atoms with Gasteiger partial charge in [-0.15, -0.1) is 11.3 Å². The van der Waals surface area contributed by atoms with Crippen LogP contribution in [0, 0.1) is 0 Å². The number of anilines is 1. The second-order valence-electron chi connectivity index (χ2n) is 4.86. The van der Waals surface area contributed by atoms with E-state index < -0.39 is 0 Å². The number of hydrogen-bond donors (Lipinski definition) is 1. The zero-order chi connectivity index (χ0) is 15.6. The molecule has 4 rings (SSSR count). The lowest BCUT2D eigenvalue weighted by molar-refractivity contribution is 0.685. The molecule has 3 aromatic heterocycles. The molecule has 0 radical (unpaired) electrons. The lowest BCUT2D eigenvalue weighted by Crippen LogP contribution is -1.99. The van der Waals surface area contributed by atoms with Crippen LogP contribution in [-0.2, 0) is 6.54 Å². The van der Waals surface area contributed by atoms with Crippen LogP contribution in [0.4, 0.5) is 5.13 Å². The normalized spacial score (nSPS) is 11.0. The molecule has 0 amide bonds. The first-order chi connectivity index (χ1) is 11.3. The summed E-state index contributed by atoms with van der Waals surface area (Å²) in [6.07, 6.45) is 5.02. The fourth-order valence-electron chi connectivity index (χ4n) is 2.28. The van der Waals surface area contributed by atoms with Crippen molar-refractivity contribution < 1.29 is 0 Å². The maximum atomic E-state index is 5.91. The minimum absolute atomic E-state index is 0.553. The molecule has 0 spiro atoms. The molecule has 0 aliphatic heterocycles. The zero-order valence-electron chi connectivity index (χ0n) is 12.0. The number of nitrogens with two attached hydrogens (primary N) is 1. The summed E-state index contributed by atoms with van der Waals surface area (Å²) in [6, 6.07) is 8.32. The maximum Gasteiger partial charge on any atom is 0.181 e. The number of aromatic nitrogens is 5. The van der Waals surface area contributed by atoms with Gasteiger partial charge >= 0.3 is 0 Å². The molecule has 114 valence electrons. The molecule has 1 aromatic carbocycles. The van der Waals surface area contributed by atoms with Crippen LogP contribution >= 0.6 is 22.7 Å². The fraction of sp³-hybridized carbons (Fsp3) is 0.0667. The van der Waals surface area contributed by atoms with Gasteiger partial charge in [-0.2, -0.15) is 5.10 Å². The van der Waals surface area contributed by atoms with E-state index in [0.29, 0.717) is 11.7 Å². The van der Waals surface area contributed by atoms with E-state index in [1.54, 1.807) is 28.5 Å². The molecule has 0 unspecified atom stereocenters. The molecule has 0 saturated carbocycles. The van der Waals surface area contributed by atoms with Crippen LogP contribution in [0.15, 0.2) is 48.5 Å². The van der Waals surface area contributed by atoms with E-state index in [1.165, 1.54) is 17.7 Å². The Morgan fingerprint density at radius 2 is 2.04 bits per heavy atom. The molecule has 4 aromatic rings. The highest BCUT2D eigenvalue weighted by Crippen LogP contribution is 2.38. The van der Waals surface area contributed by atoms with Crippen molar-refractivity contribution in [2.45, 2.75) is 6.54 Å². The van der Waals surface area contributed by atoms with Crippen molar-refractivity contribution in [1.29, 1.82) is 0 Å². The largest absolute Gasteiger partial charge is 0.375 e. The maximum absolute atomic E-state index is 5.91. The van der Waals surface area contributed by atoms with Gasteiger partial charge < -0.3 is 5.73 Å². The fourth-order valence-corrected chi connectivity index (χ4v) is 3.82. The Morgan fingerprint density at radius 1 is 1.17 bits per heavy atom. The third-order valence-corrected chi connectivity index (χ3v) is 5.02. The van der Waals surface area contributed by atoms with Gasteiger partial charge in [0.1, 0.15) is 23.4 Å². The van der Waals surface area contributed by atoms with E-state index in [-0.39, 0.29) is 0 Å². The second kappa shape index (κ2) is 5.90. The molecule has 0 aliphatic carbocycles. The van der Waals surface area contributed by atoms with E-state index in [4.69, 9.17) is 5.73 Å². The summed E-state index contributed by atoms with van der Waals surface area (Å²) in [5, 5.41) is 7.50. The molecule has 0 fully saturated rings. The summed E-state index contributed by atoms with van der Waals surface area (Å²) in [6.45, 7) is 0.699. The third-order valence-electron chi connectivity index (χ3n) is 3.31. The highest BCUT2D eigenvalue weighted by atomic mass is 32.1. The van der Waals surface area contributed by atoms with Crippen molar-refractivity contribution in [2.24, 2.45) is 0 Å². The van der Waals surface area contributed by atoms with Crippen LogP contribution < -0.4 is 5.73 Å². The highest BCUT2D eigenvalue weighted by molar-refractivity contribution is 7.20. The first-order valence-corrected chi connectivity index (χ1v) is 8.57. The van der Waals surface area contributed by atoms with Crippen LogP contribution in [0.25, 0.3) is 21.1 Å². The highest BCUT2D eigenvalue weighted by Gasteiger charge is 2.15. The SMILES string of the molecule is Nc1nc(-c2nccs2)c(-c2ccc(Cn3cncn3)cc2)s1. The zero-order valence-corrected chi connectivity index (χ0v) is 13.6. The average molecular weight is 340 g/mol. The summed E-state index contributed by atoms with van der Waals surface area (Å²) < 4.78 is 1.79. The summed E-state index contributed by atoms with van der Waals surface area (Å²) in [7, 11) is 0. The van der Waals surface area contributed by atoms with Crippen LogP contribution in [0.3, 0.4) is 0 Å². The summed E-state index contributed by atoms with van der Waals surface area (Å²) in [5.74, 6) is 0. The van der Waals surface area contributed by atoms with Crippen LogP contribution in [-0.4, -0.2) is 24.7 Å². The first kappa shape index (κ1) is 14.0. The quantitative estimate of drug-likeness (QED) is 0.617. The first-order valence-electron chi connectivity index (χ1n) is 6.87. The van der Waals surface area contributed by atoms with Crippen LogP contribution in [0.5, 0.6) is 0 Å². The topological polar surface area (TPSA) is 82.5 Å². The van der Waals surface area contributed by atoms with E-state index in [1.807, 2.05) is 5.38 Å². The van der Waals surface area contributed by atoms with Crippen molar-refractivity contribution in [3.05, 3.63) is 54.1 Å². The molecule has 8 heteroatoms. The van der Waals surface area contributed by atoms with E-state index in [2.05, 4.69) is 44.3 Å². The smallest absolute Gasteiger partial charge is 0.181 e. The van der Waals surface area contributed by atoms with Gasteiger partial charge in [-0.3, -0.25) is 0 Å². The van der Waals surface area contributed by atoms with Gasteiger partial charge in [-0.05, 0) is 11.1 Å². The van der Waals surface area contributed by atoms with Crippen molar-refractivity contribution in [1.82, 2.24) is 24.7 Å².